The number of aliphatic hydroxyl groups excluding tert-OH is 6. The van der Waals surface area contributed by atoms with Crippen molar-refractivity contribution in [2.75, 3.05) is 39.6 Å². The largest absolute Gasteiger partial charge is 0.480 e. The Bertz CT molecular complexity index is 2080. The van der Waals surface area contributed by atoms with Gasteiger partial charge in [0, 0.05) is 19.4 Å². The molecule has 1 heterocycles. The van der Waals surface area contributed by atoms with E-state index in [1.165, 1.54) is 0 Å². The van der Waals surface area contributed by atoms with Crippen molar-refractivity contribution >= 4 is 65.0 Å². The maximum atomic E-state index is 13.8. The van der Waals surface area contributed by atoms with Gasteiger partial charge in [0.25, 0.3) is 0 Å². The molecule has 0 saturated carbocycles. The molecule has 0 aromatic heterocycles. The molecule has 29 nitrogen and oxygen atoms in total. The number of carbonyl (C=O) groups is 11. The number of nitrogens with two attached hydrogens (primary N) is 2. The van der Waals surface area contributed by atoms with Crippen molar-refractivity contribution < 1.29 is 88.5 Å². The third-order valence-corrected chi connectivity index (χ3v) is 11.2. The molecule has 1 aromatic rings. The average Bonchev–Trinajstić information content (AvgIpc) is 3.85. The smallest absolute Gasteiger partial charge is 0.328 e. The van der Waals surface area contributed by atoms with Crippen LogP contribution >= 0.6 is 0 Å². The number of nitrogens with one attached hydrogen (secondary N) is 8. The van der Waals surface area contributed by atoms with Crippen LogP contribution < -0.4 is 54.0 Å². The summed E-state index contributed by atoms with van der Waals surface area (Å²) < 4.78 is 0. The Labute approximate surface area is 418 Å². The molecule has 0 aliphatic carbocycles. The molecule has 1 aliphatic rings. The van der Waals surface area contributed by atoms with Crippen LogP contribution in [0.15, 0.2) is 30.3 Å². The summed E-state index contributed by atoms with van der Waals surface area (Å²) in [4.78, 5) is 144. The van der Waals surface area contributed by atoms with Gasteiger partial charge in [-0.15, -0.1) is 0 Å². The Kier molecular flexibility index (Phi) is 26.3. The Morgan fingerprint density at radius 1 is 0.603 bits per heavy atom. The molecule has 73 heavy (non-hydrogen) atoms. The topological polar surface area (TPSA) is 481 Å². The van der Waals surface area contributed by atoms with Gasteiger partial charge in [-0.05, 0) is 44.1 Å². The zero-order chi connectivity index (χ0) is 55.1. The number of primary amides is 1. The third-order valence-electron chi connectivity index (χ3n) is 11.2. The maximum absolute atomic E-state index is 13.8. The highest BCUT2D eigenvalue weighted by atomic mass is 16.4. The monoisotopic (exact) mass is 1040 g/mol. The number of benzene rings is 1. The van der Waals surface area contributed by atoms with Crippen molar-refractivity contribution in [1.29, 1.82) is 0 Å². The molecule has 0 spiro atoms. The Morgan fingerprint density at radius 2 is 1.05 bits per heavy atom. The van der Waals surface area contributed by atoms with Gasteiger partial charge >= 0.3 is 5.97 Å². The first-order valence-corrected chi connectivity index (χ1v) is 23.2. The number of aliphatic carboxylic acids is 1. The molecule has 1 aliphatic heterocycles. The van der Waals surface area contributed by atoms with E-state index < -0.39 is 165 Å². The molecule has 2 rings (SSSR count). The third kappa shape index (κ3) is 19.9. The molecule has 0 unspecified atom stereocenters. The van der Waals surface area contributed by atoms with Crippen LogP contribution in [-0.4, -0.2) is 212 Å². The van der Waals surface area contributed by atoms with Crippen LogP contribution in [0.1, 0.15) is 58.4 Å². The highest BCUT2D eigenvalue weighted by Crippen LogP contribution is 2.20. The molecule has 10 amide bonds. The van der Waals surface area contributed by atoms with E-state index in [1.54, 1.807) is 44.2 Å². The standard InChI is InChI=1S/C44H69N11O18/c1-21(2)14-25(48-41(69)32-10-7-13-55(32)43(71)30(19-59)52-35(63)24(45)11-12-33(46)62)36(64)49-28(17-57)39(67)50-27(16-56)38(66)47-26(15-23-8-5-4-6-9-23)37(65)54-34(22(3)61)42(70)51-29(18-58)40(68)53-31(20-60)44(72)73/h4-6,8-9,21-22,24-32,34,56-61H,7,10-20,45H2,1-3H3,(H2,46,62)(H,47,66)(H,48,69)(H,49,64)(H,50,67)(H,51,70)(H,52,63)(H,53,68)(H,54,65)(H,72,73)/t22-,24+,25+,26+,27+,28+,29+,30+,31+,32+,34+/m1/s1. The van der Waals surface area contributed by atoms with E-state index in [-0.39, 0.29) is 44.6 Å². The van der Waals surface area contributed by atoms with E-state index in [9.17, 15) is 83.4 Å². The lowest BCUT2D eigenvalue weighted by atomic mass is 10.0. The van der Waals surface area contributed by atoms with Crippen molar-refractivity contribution in [1.82, 2.24) is 47.4 Å². The number of nitrogens with zero attached hydrogens (tertiary/aromatic N) is 1. The number of hydrogen-bond donors (Lipinski definition) is 17. The second-order valence-electron chi connectivity index (χ2n) is 17.5. The fourth-order valence-electron chi connectivity index (χ4n) is 7.20. The molecular formula is C44H69N11O18. The van der Waals surface area contributed by atoms with Crippen molar-refractivity contribution in [3.05, 3.63) is 35.9 Å². The average molecular weight is 1040 g/mol. The van der Waals surface area contributed by atoms with E-state index in [4.69, 9.17) is 16.6 Å². The summed E-state index contributed by atoms with van der Waals surface area (Å²) in [6.07, 6.45) is -1.95. The molecule has 0 radical (unpaired) electrons. The SMILES string of the molecule is CC(C)C[C@H](NC(=O)[C@@H]1CCCN1C(=O)[C@H](CO)NC(=O)[C@@H](N)CCC(N)=O)C(=O)N[C@@H](CO)C(=O)N[C@@H](CO)C(=O)N[C@@H](Cc1ccccc1)C(=O)N[C@H](C(=O)N[C@@H](CO)C(=O)N[C@@H](CO)C(=O)O)[C@@H](C)O. The summed E-state index contributed by atoms with van der Waals surface area (Å²) in [5, 5.41) is 86.9. The Hall–Kier alpha value is -6.89. The first-order valence-electron chi connectivity index (χ1n) is 23.2. The number of carbonyl (C=O) groups excluding carboxylic acids is 10. The zero-order valence-corrected chi connectivity index (χ0v) is 40.5. The minimum atomic E-state index is -1.88. The van der Waals surface area contributed by atoms with Crippen LogP contribution in [0.4, 0.5) is 0 Å². The van der Waals surface area contributed by atoms with Crippen LogP contribution in [0.25, 0.3) is 0 Å². The van der Waals surface area contributed by atoms with Gasteiger partial charge in [0.1, 0.15) is 54.4 Å². The van der Waals surface area contributed by atoms with Crippen molar-refractivity contribution in [3.63, 3.8) is 0 Å². The van der Waals surface area contributed by atoms with Gasteiger partial charge in [0.05, 0.1) is 45.2 Å². The second kappa shape index (κ2) is 30.9. The number of amides is 10. The summed E-state index contributed by atoms with van der Waals surface area (Å²) in [5.74, 6) is -12.1. The molecule has 19 N–H and O–H groups in total. The van der Waals surface area contributed by atoms with Crippen molar-refractivity contribution in [2.24, 2.45) is 17.4 Å². The van der Waals surface area contributed by atoms with E-state index in [0.29, 0.717) is 12.0 Å². The Morgan fingerprint density at radius 3 is 1.52 bits per heavy atom. The van der Waals surface area contributed by atoms with Gasteiger partial charge in [-0.3, -0.25) is 47.9 Å². The first-order chi connectivity index (χ1) is 34.4. The lowest BCUT2D eigenvalue weighted by Crippen LogP contribution is -2.63. The van der Waals surface area contributed by atoms with Crippen molar-refractivity contribution in [3.8, 4) is 0 Å². The molecule has 1 fully saturated rings. The predicted molar refractivity (Wildman–Crippen MR) is 251 cm³/mol. The van der Waals surface area contributed by atoms with E-state index in [1.807, 2.05) is 5.32 Å². The van der Waals surface area contributed by atoms with Gasteiger partial charge in [0.15, 0.2) is 0 Å². The van der Waals surface area contributed by atoms with Crippen LogP contribution in [-0.2, 0) is 59.2 Å². The lowest BCUT2D eigenvalue weighted by molar-refractivity contribution is -0.143. The second-order valence-corrected chi connectivity index (χ2v) is 17.5. The summed E-state index contributed by atoms with van der Waals surface area (Å²) in [5.41, 5.74) is 11.3. The van der Waals surface area contributed by atoms with Crippen LogP contribution in [0.2, 0.25) is 0 Å². The molecule has 11 atom stereocenters. The quantitative estimate of drug-likeness (QED) is 0.0328. The molecule has 29 heteroatoms. The molecule has 0 bridgehead atoms. The van der Waals surface area contributed by atoms with Gasteiger partial charge in [-0.1, -0.05) is 44.2 Å². The number of aliphatic hydroxyl groups is 6. The van der Waals surface area contributed by atoms with Crippen molar-refractivity contribution in [2.45, 2.75) is 126 Å². The number of carboxylic acids is 1. The summed E-state index contributed by atoms with van der Waals surface area (Å²) >= 11 is 0. The van der Waals surface area contributed by atoms with Crippen LogP contribution in [0.5, 0.6) is 0 Å². The normalized spacial score (nSPS) is 17.4. The van der Waals surface area contributed by atoms with Gasteiger partial charge in [-0.2, -0.15) is 0 Å². The zero-order valence-electron chi connectivity index (χ0n) is 40.5. The fraction of sp³-hybridized carbons (Fsp3) is 0.614. The van der Waals surface area contributed by atoms with E-state index in [2.05, 4.69) is 37.2 Å². The molecule has 1 aromatic carbocycles. The highest BCUT2D eigenvalue weighted by molar-refractivity contribution is 5.99. The Balaban J connectivity index is 2.24. The van der Waals surface area contributed by atoms with Gasteiger partial charge < -0.3 is 94.6 Å². The lowest BCUT2D eigenvalue weighted by Gasteiger charge is -2.30. The number of likely N-dealkylation sites (tertiary alicyclic amines) is 1. The molecule has 408 valence electrons. The minimum Gasteiger partial charge on any atom is -0.480 e. The summed E-state index contributed by atoms with van der Waals surface area (Å²) in [6, 6.07) is -8.19. The van der Waals surface area contributed by atoms with E-state index in [0.717, 1.165) is 11.8 Å². The van der Waals surface area contributed by atoms with Crippen LogP contribution in [0.3, 0.4) is 0 Å². The number of carboxylic acid groups (broad SMARTS) is 1. The maximum Gasteiger partial charge on any atom is 0.328 e. The molecular weight excluding hydrogens is 971 g/mol. The minimum absolute atomic E-state index is 0.0289. The highest BCUT2D eigenvalue weighted by Gasteiger charge is 2.40. The number of hydrogen-bond acceptors (Lipinski definition) is 18. The first kappa shape index (κ1) is 62.2. The summed E-state index contributed by atoms with van der Waals surface area (Å²) in [6.45, 7) is -0.675. The summed E-state index contributed by atoms with van der Waals surface area (Å²) in [7, 11) is 0. The van der Waals surface area contributed by atoms with Crippen LogP contribution in [0, 0.1) is 5.92 Å². The fourth-order valence-corrected chi connectivity index (χ4v) is 7.20. The molecule has 1 saturated heterocycles. The predicted octanol–water partition coefficient (Wildman–Crippen LogP) is -8.84. The van der Waals surface area contributed by atoms with Gasteiger partial charge in [0.2, 0.25) is 59.1 Å². The number of rotatable bonds is 31. The van der Waals surface area contributed by atoms with E-state index >= 15 is 0 Å². The van der Waals surface area contributed by atoms with Gasteiger partial charge in [-0.25, -0.2) is 4.79 Å².